The molecule has 0 aliphatic heterocycles. The second-order valence-corrected chi connectivity index (χ2v) is 6.17. The molecule has 1 aliphatic carbocycles. The van der Waals surface area contributed by atoms with E-state index in [1.807, 2.05) is 13.0 Å². The van der Waals surface area contributed by atoms with E-state index in [0.29, 0.717) is 18.5 Å². The molecule has 3 N–H and O–H groups in total. The van der Waals surface area contributed by atoms with Crippen molar-refractivity contribution in [3.8, 4) is 11.8 Å². The first-order valence-corrected chi connectivity index (χ1v) is 7.53. The Kier molecular flexibility index (Phi) is 4.62. The number of nitrogens with two attached hydrogens (primary N) is 1. The molecule has 0 saturated heterocycles. The highest BCUT2D eigenvalue weighted by Crippen LogP contribution is 2.26. The lowest BCUT2D eigenvalue weighted by Gasteiger charge is -2.16. The first-order valence-electron chi connectivity index (χ1n) is 6.72. The van der Waals surface area contributed by atoms with Crippen LogP contribution in [0.3, 0.4) is 0 Å². The minimum absolute atomic E-state index is 0.0349. The van der Waals surface area contributed by atoms with Crippen molar-refractivity contribution >= 4 is 17.2 Å². The zero-order valence-corrected chi connectivity index (χ0v) is 12.3. The van der Waals surface area contributed by atoms with Gasteiger partial charge in [0.2, 0.25) is 0 Å². The van der Waals surface area contributed by atoms with Crippen molar-refractivity contribution in [1.82, 2.24) is 5.32 Å². The van der Waals surface area contributed by atoms with Crippen LogP contribution in [0.25, 0.3) is 0 Å². The molecule has 0 bridgehead atoms. The lowest BCUT2D eigenvalue weighted by Crippen LogP contribution is -2.35. The Balaban J connectivity index is 2.07. The van der Waals surface area contributed by atoms with Gasteiger partial charge < -0.3 is 11.1 Å². The van der Waals surface area contributed by atoms with Gasteiger partial charge in [0.1, 0.15) is 0 Å². The van der Waals surface area contributed by atoms with Crippen LogP contribution in [0, 0.1) is 24.7 Å². The van der Waals surface area contributed by atoms with Gasteiger partial charge in [-0.3, -0.25) is 4.79 Å². The largest absolute Gasteiger partial charge is 0.348 e. The van der Waals surface area contributed by atoms with E-state index in [-0.39, 0.29) is 5.91 Å². The van der Waals surface area contributed by atoms with Gasteiger partial charge in [-0.05, 0) is 37.3 Å². The van der Waals surface area contributed by atoms with Crippen LogP contribution in [-0.4, -0.2) is 18.5 Å². The molecular weight excluding hydrogens is 256 g/mol. The molecule has 3 nitrogen and oxygen atoms in total. The molecule has 1 aromatic heterocycles. The molecule has 1 aliphatic rings. The highest BCUT2D eigenvalue weighted by atomic mass is 32.1. The second-order valence-electron chi connectivity index (χ2n) is 5.12. The topological polar surface area (TPSA) is 55.1 Å². The summed E-state index contributed by atoms with van der Waals surface area (Å²) in [6.07, 6.45) is 3.52. The summed E-state index contributed by atoms with van der Waals surface area (Å²) in [6, 6.07) is 2.24. The maximum atomic E-state index is 12.2. The average molecular weight is 276 g/mol. The summed E-state index contributed by atoms with van der Waals surface area (Å²) in [5.41, 5.74) is 6.42. The smallest absolute Gasteiger partial charge is 0.261 e. The predicted molar refractivity (Wildman–Crippen MR) is 79.3 cm³/mol. The lowest BCUT2D eigenvalue weighted by atomic mass is 10.1. The number of thiophene rings is 1. The molecule has 0 spiro atoms. The zero-order chi connectivity index (χ0) is 13.8. The third-order valence-electron chi connectivity index (χ3n) is 3.62. The van der Waals surface area contributed by atoms with E-state index in [0.717, 1.165) is 21.7 Å². The van der Waals surface area contributed by atoms with Crippen LogP contribution in [0.4, 0.5) is 0 Å². The number of carbonyl (C=O) groups excluding carboxylic acids is 1. The Morgan fingerprint density at radius 3 is 3.00 bits per heavy atom. The lowest BCUT2D eigenvalue weighted by molar-refractivity contribution is 0.0933. The maximum absolute atomic E-state index is 12.2. The highest BCUT2D eigenvalue weighted by molar-refractivity contribution is 7.14. The first kappa shape index (κ1) is 14.1. The van der Waals surface area contributed by atoms with Gasteiger partial charge >= 0.3 is 0 Å². The molecule has 1 saturated carbocycles. The summed E-state index contributed by atoms with van der Waals surface area (Å²) in [5, 5.41) is 3.14. The van der Waals surface area contributed by atoms with Gasteiger partial charge in [0.05, 0.1) is 16.3 Å². The Bertz CT molecular complexity index is 524. The van der Waals surface area contributed by atoms with Crippen LogP contribution in [0.5, 0.6) is 0 Å². The van der Waals surface area contributed by atoms with Gasteiger partial charge in [-0.1, -0.05) is 25.2 Å². The number of carbonyl (C=O) groups is 1. The Hall–Kier alpha value is -1.31. The average Bonchev–Trinajstić information content (AvgIpc) is 2.94. The van der Waals surface area contributed by atoms with Crippen LogP contribution in [0.15, 0.2) is 6.07 Å². The van der Waals surface area contributed by atoms with E-state index in [9.17, 15) is 4.79 Å². The normalized spacial score (nSPS) is 21.8. The standard InChI is InChI=1S/C15H20N2OS/c1-10-5-3-6-12(10)17-15(18)14-9-11(2)13(19-14)7-4-8-16/h9-10,12H,3,5-6,8,16H2,1-2H3,(H,17,18). The fourth-order valence-electron chi connectivity index (χ4n) is 2.45. The summed E-state index contributed by atoms with van der Waals surface area (Å²) in [7, 11) is 0. The van der Waals surface area contributed by atoms with Crippen LogP contribution >= 0.6 is 11.3 Å². The van der Waals surface area contributed by atoms with Crippen LogP contribution in [0.1, 0.15) is 46.3 Å². The van der Waals surface area contributed by atoms with Gasteiger partial charge in [-0.15, -0.1) is 11.3 Å². The fourth-order valence-corrected chi connectivity index (χ4v) is 3.40. The van der Waals surface area contributed by atoms with Crippen molar-refractivity contribution in [2.24, 2.45) is 11.7 Å². The van der Waals surface area contributed by atoms with E-state index < -0.39 is 0 Å². The second kappa shape index (κ2) is 6.23. The van der Waals surface area contributed by atoms with E-state index >= 15 is 0 Å². The maximum Gasteiger partial charge on any atom is 0.261 e. The quantitative estimate of drug-likeness (QED) is 0.814. The monoisotopic (exact) mass is 276 g/mol. The summed E-state index contributed by atoms with van der Waals surface area (Å²) < 4.78 is 0. The Morgan fingerprint density at radius 1 is 1.58 bits per heavy atom. The van der Waals surface area contributed by atoms with Crippen LogP contribution in [0.2, 0.25) is 0 Å². The van der Waals surface area contributed by atoms with Crippen LogP contribution in [-0.2, 0) is 0 Å². The van der Waals surface area contributed by atoms with E-state index in [1.54, 1.807) is 0 Å². The van der Waals surface area contributed by atoms with Crippen molar-refractivity contribution in [3.63, 3.8) is 0 Å². The number of nitrogens with one attached hydrogen (secondary N) is 1. The van der Waals surface area contributed by atoms with Crippen LogP contribution < -0.4 is 11.1 Å². The number of hydrogen-bond acceptors (Lipinski definition) is 3. The van der Waals surface area contributed by atoms with Crippen molar-refractivity contribution in [2.45, 2.75) is 39.2 Å². The number of hydrogen-bond donors (Lipinski definition) is 2. The fraction of sp³-hybridized carbons (Fsp3) is 0.533. The molecular formula is C15H20N2OS. The van der Waals surface area contributed by atoms with E-state index in [2.05, 4.69) is 24.1 Å². The van der Waals surface area contributed by atoms with Gasteiger partial charge in [0.25, 0.3) is 5.91 Å². The van der Waals surface area contributed by atoms with Crippen molar-refractivity contribution in [1.29, 1.82) is 0 Å². The molecule has 0 radical (unpaired) electrons. The SMILES string of the molecule is Cc1cc(C(=O)NC2CCCC2C)sc1C#CCN. The van der Waals surface area contributed by atoms with Crippen molar-refractivity contribution in [2.75, 3.05) is 6.54 Å². The molecule has 102 valence electrons. The molecule has 2 unspecified atom stereocenters. The molecule has 4 heteroatoms. The Labute approximate surface area is 118 Å². The third kappa shape index (κ3) is 3.37. The van der Waals surface area contributed by atoms with Crippen molar-refractivity contribution < 1.29 is 4.79 Å². The van der Waals surface area contributed by atoms with Crippen molar-refractivity contribution in [3.05, 3.63) is 21.4 Å². The van der Waals surface area contributed by atoms with Gasteiger partial charge in [-0.25, -0.2) is 0 Å². The highest BCUT2D eigenvalue weighted by Gasteiger charge is 2.25. The molecule has 1 fully saturated rings. The summed E-state index contributed by atoms with van der Waals surface area (Å²) in [5.74, 6) is 6.47. The number of rotatable bonds is 2. The molecule has 2 rings (SSSR count). The minimum atomic E-state index is 0.0349. The molecule has 2 atom stereocenters. The molecule has 0 aromatic carbocycles. The summed E-state index contributed by atoms with van der Waals surface area (Å²) >= 11 is 1.45. The molecule has 19 heavy (non-hydrogen) atoms. The molecule has 1 amide bonds. The van der Waals surface area contributed by atoms with Gasteiger partial charge in [0.15, 0.2) is 0 Å². The minimum Gasteiger partial charge on any atom is -0.348 e. The first-order chi connectivity index (χ1) is 9.11. The van der Waals surface area contributed by atoms with E-state index in [1.165, 1.54) is 24.2 Å². The molecule has 1 heterocycles. The van der Waals surface area contributed by atoms with Gasteiger partial charge in [-0.2, -0.15) is 0 Å². The zero-order valence-electron chi connectivity index (χ0n) is 11.5. The number of aryl methyl sites for hydroxylation is 1. The predicted octanol–water partition coefficient (Wildman–Crippen LogP) is 2.29. The third-order valence-corrected chi connectivity index (χ3v) is 4.77. The van der Waals surface area contributed by atoms with Gasteiger partial charge in [0, 0.05) is 6.04 Å². The summed E-state index contributed by atoms with van der Waals surface area (Å²) in [6.45, 7) is 4.53. The molecule has 1 aromatic rings. The van der Waals surface area contributed by atoms with E-state index in [4.69, 9.17) is 5.73 Å². The summed E-state index contributed by atoms with van der Waals surface area (Å²) in [4.78, 5) is 13.9. The number of amides is 1. The Morgan fingerprint density at radius 2 is 2.37 bits per heavy atom.